The fourth-order valence-electron chi connectivity index (χ4n) is 0.705. The maximum Gasteiger partial charge on any atom is 0.134 e. The smallest absolute Gasteiger partial charge is 0.134 e. The van der Waals surface area contributed by atoms with Gasteiger partial charge >= 0.3 is 0 Å². The number of nitrogens with zero attached hydrogens (tertiary/aromatic N) is 1. The van der Waals surface area contributed by atoms with E-state index in [1.165, 1.54) is 0 Å². The Labute approximate surface area is 70.0 Å². The molecule has 1 nitrogen and oxygen atoms in total. The first-order chi connectivity index (χ1) is 4.72. The van der Waals surface area contributed by atoms with Crippen molar-refractivity contribution in [1.82, 2.24) is 4.98 Å². The zero-order valence-electron chi connectivity index (χ0n) is 5.51. The van der Waals surface area contributed by atoms with Crippen LogP contribution in [-0.4, -0.2) is 4.98 Å². The SMILES string of the molecule is Cc1ccncc1C(Cl)Cl. The van der Waals surface area contributed by atoms with Crippen molar-refractivity contribution in [3.05, 3.63) is 29.6 Å². The highest BCUT2D eigenvalue weighted by molar-refractivity contribution is 6.44. The highest BCUT2D eigenvalue weighted by Crippen LogP contribution is 2.25. The number of aromatic nitrogens is 1. The maximum atomic E-state index is 5.63. The van der Waals surface area contributed by atoms with Crippen LogP contribution < -0.4 is 0 Å². The van der Waals surface area contributed by atoms with Gasteiger partial charge in [0.15, 0.2) is 0 Å². The van der Waals surface area contributed by atoms with Crippen LogP contribution in [0.4, 0.5) is 0 Å². The van der Waals surface area contributed by atoms with E-state index in [0.717, 1.165) is 11.1 Å². The number of halogens is 2. The Morgan fingerprint density at radius 3 is 2.60 bits per heavy atom. The van der Waals surface area contributed by atoms with Crippen LogP contribution in [0.25, 0.3) is 0 Å². The summed E-state index contributed by atoms with van der Waals surface area (Å²) in [5.74, 6) is 0. The highest BCUT2D eigenvalue weighted by atomic mass is 35.5. The van der Waals surface area contributed by atoms with Gasteiger partial charge in [-0.25, -0.2) is 0 Å². The Morgan fingerprint density at radius 1 is 1.50 bits per heavy atom. The third-order valence-corrected chi connectivity index (χ3v) is 1.78. The van der Waals surface area contributed by atoms with Crippen LogP contribution in [0.2, 0.25) is 0 Å². The molecule has 0 aliphatic heterocycles. The standard InChI is InChI=1S/C7H7Cl2N/c1-5-2-3-10-4-6(5)7(8)9/h2-4,7H,1H3. The number of hydrogen-bond donors (Lipinski definition) is 0. The zero-order valence-corrected chi connectivity index (χ0v) is 7.02. The van der Waals surface area contributed by atoms with Gasteiger partial charge in [0.25, 0.3) is 0 Å². The first-order valence-electron chi connectivity index (χ1n) is 2.90. The Hall–Kier alpha value is -0.270. The molecule has 0 aliphatic rings. The fraction of sp³-hybridized carbons (Fsp3) is 0.286. The lowest BCUT2D eigenvalue weighted by molar-refractivity contribution is 1.18. The summed E-state index contributed by atoms with van der Waals surface area (Å²) in [6.07, 6.45) is 3.40. The van der Waals surface area contributed by atoms with Crippen molar-refractivity contribution < 1.29 is 0 Å². The van der Waals surface area contributed by atoms with Gasteiger partial charge in [0.1, 0.15) is 4.84 Å². The highest BCUT2D eigenvalue weighted by Gasteiger charge is 2.04. The van der Waals surface area contributed by atoms with Gasteiger partial charge in [-0.2, -0.15) is 0 Å². The van der Waals surface area contributed by atoms with Crippen LogP contribution in [0.3, 0.4) is 0 Å². The van der Waals surface area contributed by atoms with Crippen LogP contribution in [-0.2, 0) is 0 Å². The van der Waals surface area contributed by atoms with Crippen molar-refractivity contribution >= 4 is 23.2 Å². The van der Waals surface area contributed by atoms with Gasteiger partial charge in [-0.05, 0) is 18.6 Å². The molecule has 1 aromatic heterocycles. The molecule has 54 valence electrons. The average molecular weight is 176 g/mol. The van der Waals surface area contributed by atoms with E-state index < -0.39 is 4.84 Å². The molecule has 0 aliphatic carbocycles. The number of rotatable bonds is 1. The average Bonchev–Trinajstić information content (AvgIpc) is 1.88. The van der Waals surface area contributed by atoms with E-state index >= 15 is 0 Å². The third kappa shape index (κ3) is 1.61. The Bertz CT molecular complexity index is 223. The molecule has 0 spiro atoms. The van der Waals surface area contributed by atoms with Crippen molar-refractivity contribution in [1.29, 1.82) is 0 Å². The third-order valence-electron chi connectivity index (χ3n) is 1.31. The van der Waals surface area contributed by atoms with Crippen molar-refractivity contribution in [3.8, 4) is 0 Å². The molecule has 0 unspecified atom stereocenters. The quantitative estimate of drug-likeness (QED) is 0.599. The summed E-state index contributed by atoms with van der Waals surface area (Å²) in [6.45, 7) is 1.95. The molecule has 3 heteroatoms. The summed E-state index contributed by atoms with van der Waals surface area (Å²) in [4.78, 5) is 3.43. The molecule has 0 fully saturated rings. The molecule has 0 atom stereocenters. The second kappa shape index (κ2) is 3.22. The van der Waals surface area contributed by atoms with Gasteiger partial charge < -0.3 is 0 Å². The van der Waals surface area contributed by atoms with E-state index in [1.54, 1.807) is 12.4 Å². The molecule has 1 heterocycles. The van der Waals surface area contributed by atoms with E-state index in [-0.39, 0.29) is 0 Å². The van der Waals surface area contributed by atoms with Gasteiger partial charge in [0, 0.05) is 18.0 Å². The topological polar surface area (TPSA) is 12.9 Å². The number of pyridine rings is 1. The lowest BCUT2D eigenvalue weighted by Crippen LogP contribution is -1.87. The maximum absolute atomic E-state index is 5.63. The number of hydrogen-bond acceptors (Lipinski definition) is 1. The molecule has 0 saturated heterocycles. The first kappa shape index (κ1) is 7.83. The molecule has 0 saturated carbocycles. The summed E-state index contributed by atoms with van der Waals surface area (Å²) in [5.41, 5.74) is 1.95. The first-order valence-corrected chi connectivity index (χ1v) is 3.78. The Balaban J connectivity index is 3.03. The fourth-order valence-corrected chi connectivity index (χ4v) is 1.16. The summed E-state index contributed by atoms with van der Waals surface area (Å²) in [5, 5.41) is 0. The molecular formula is C7H7Cl2N. The molecule has 1 aromatic rings. The van der Waals surface area contributed by atoms with E-state index in [1.807, 2.05) is 13.0 Å². The molecule has 0 bridgehead atoms. The van der Waals surface area contributed by atoms with Gasteiger partial charge in [-0.15, -0.1) is 0 Å². The second-order valence-corrected chi connectivity index (χ2v) is 3.13. The van der Waals surface area contributed by atoms with Gasteiger partial charge in [-0.3, -0.25) is 4.98 Å². The van der Waals surface area contributed by atoms with E-state index in [9.17, 15) is 0 Å². The molecule has 1 rings (SSSR count). The van der Waals surface area contributed by atoms with Crippen LogP contribution in [0.5, 0.6) is 0 Å². The Kier molecular flexibility index (Phi) is 2.52. The normalized spacial score (nSPS) is 10.4. The molecule has 0 N–H and O–H groups in total. The summed E-state index contributed by atoms with van der Waals surface area (Å²) >= 11 is 11.3. The lowest BCUT2D eigenvalue weighted by atomic mass is 10.2. The zero-order chi connectivity index (χ0) is 7.56. The summed E-state index contributed by atoms with van der Waals surface area (Å²) < 4.78 is 0. The Morgan fingerprint density at radius 2 is 2.20 bits per heavy atom. The van der Waals surface area contributed by atoms with Crippen LogP contribution >= 0.6 is 23.2 Å². The van der Waals surface area contributed by atoms with Gasteiger partial charge in [-0.1, -0.05) is 23.2 Å². The molecule has 0 radical (unpaired) electrons. The van der Waals surface area contributed by atoms with Crippen molar-refractivity contribution in [2.24, 2.45) is 0 Å². The van der Waals surface area contributed by atoms with Crippen LogP contribution in [0, 0.1) is 6.92 Å². The summed E-state index contributed by atoms with van der Waals surface area (Å²) in [7, 11) is 0. The van der Waals surface area contributed by atoms with E-state index in [0.29, 0.717) is 0 Å². The number of aryl methyl sites for hydroxylation is 1. The molecule has 0 aromatic carbocycles. The van der Waals surface area contributed by atoms with Crippen LogP contribution in [0.1, 0.15) is 16.0 Å². The molecule has 10 heavy (non-hydrogen) atoms. The number of alkyl halides is 2. The predicted octanol–water partition coefficient (Wildman–Crippen LogP) is 2.87. The predicted molar refractivity (Wildman–Crippen MR) is 43.4 cm³/mol. The minimum absolute atomic E-state index is 0.464. The molecular weight excluding hydrogens is 169 g/mol. The van der Waals surface area contributed by atoms with Crippen molar-refractivity contribution in [2.45, 2.75) is 11.8 Å². The van der Waals surface area contributed by atoms with Gasteiger partial charge in [0.2, 0.25) is 0 Å². The van der Waals surface area contributed by atoms with Crippen molar-refractivity contribution in [3.63, 3.8) is 0 Å². The minimum atomic E-state index is -0.464. The van der Waals surface area contributed by atoms with Crippen LogP contribution in [0.15, 0.2) is 18.5 Å². The minimum Gasteiger partial charge on any atom is -0.264 e. The van der Waals surface area contributed by atoms with E-state index in [4.69, 9.17) is 23.2 Å². The summed E-state index contributed by atoms with van der Waals surface area (Å²) in [6, 6.07) is 1.88. The lowest BCUT2D eigenvalue weighted by Gasteiger charge is -2.02. The molecule has 0 amide bonds. The second-order valence-electron chi connectivity index (χ2n) is 2.03. The van der Waals surface area contributed by atoms with Crippen molar-refractivity contribution in [2.75, 3.05) is 0 Å². The van der Waals surface area contributed by atoms with Gasteiger partial charge in [0.05, 0.1) is 0 Å². The van der Waals surface area contributed by atoms with E-state index in [2.05, 4.69) is 4.98 Å². The monoisotopic (exact) mass is 175 g/mol. The largest absolute Gasteiger partial charge is 0.264 e.